The molecule has 1 rings (SSSR count). The summed E-state index contributed by atoms with van der Waals surface area (Å²) in [6, 6.07) is 2.07. The molecule has 0 bridgehead atoms. The van der Waals surface area contributed by atoms with Crippen molar-refractivity contribution in [3.05, 3.63) is 22.4 Å². The van der Waals surface area contributed by atoms with Crippen molar-refractivity contribution in [2.75, 3.05) is 12.8 Å². The number of nitrogens with two attached hydrogens (primary N) is 1. The molecule has 19 heavy (non-hydrogen) atoms. The van der Waals surface area contributed by atoms with Gasteiger partial charge in [0.2, 0.25) is 10.0 Å². The van der Waals surface area contributed by atoms with E-state index in [1.807, 2.05) is 13.8 Å². The molecule has 0 saturated carbocycles. The molecule has 1 unspecified atom stereocenters. The summed E-state index contributed by atoms with van der Waals surface area (Å²) in [6.07, 6.45) is 1.63. The van der Waals surface area contributed by atoms with Crippen molar-refractivity contribution in [2.24, 2.45) is 0 Å². The molecule has 0 fully saturated rings. The third kappa shape index (κ3) is 3.46. The van der Waals surface area contributed by atoms with Crippen molar-refractivity contribution >= 4 is 31.6 Å². The standard InChI is InChI=1S/C12H18BrFN2O2S/c1-4-5-8(2)16(3)19(17,18)12-6-9(13)10(14)7-11(12)15/h6-8H,4-5,15H2,1-3H3. The minimum Gasteiger partial charge on any atom is -0.398 e. The molecule has 0 radical (unpaired) electrons. The van der Waals surface area contributed by atoms with E-state index >= 15 is 0 Å². The van der Waals surface area contributed by atoms with Gasteiger partial charge in [-0.3, -0.25) is 0 Å². The van der Waals surface area contributed by atoms with Crippen molar-refractivity contribution < 1.29 is 12.8 Å². The van der Waals surface area contributed by atoms with Gasteiger partial charge in [0.25, 0.3) is 0 Å². The average molecular weight is 353 g/mol. The van der Waals surface area contributed by atoms with Crippen LogP contribution in [-0.2, 0) is 10.0 Å². The highest BCUT2D eigenvalue weighted by molar-refractivity contribution is 9.10. The van der Waals surface area contributed by atoms with Crippen LogP contribution in [0.5, 0.6) is 0 Å². The Morgan fingerprint density at radius 1 is 1.47 bits per heavy atom. The molecule has 1 atom stereocenters. The Morgan fingerprint density at radius 3 is 2.58 bits per heavy atom. The van der Waals surface area contributed by atoms with E-state index in [2.05, 4.69) is 15.9 Å². The van der Waals surface area contributed by atoms with Crippen molar-refractivity contribution in [1.29, 1.82) is 0 Å². The van der Waals surface area contributed by atoms with Gasteiger partial charge in [0.15, 0.2) is 0 Å². The first kappa shape index (κ1) is 16.4. The van der Waals surface area contributed by atoms with E-state index < -0.39 is 15.8 Å². The van der Waals surface area contributed by atoms with Gasteiger partial charge in [-0.15, -0.1) is 0 Å². The second kappa shape index (κ2) is 6.19. The highest BCUT2D eigenvalue weighted by atomic mass is 79.9. The monoisotopic (exact) mass is 352 g/mol. The SMILES string of the molecule is CCCC(C)N(C)S(=O)(=O)c1cc(Br)c(F)cc1N. The van der Waals surface area contributed by atoms with Crippen LogP contribution in [0.3, 0.4) is 0 Å². The van der Waals surface area contributed by atoms with Gasteiger partial charge in [-0.1, -0.05) is 13.3 Å². The fourth-order valence-electron chi connectivity index (χ4n) is 1.76. The maximum atomic E-state index is 13.3. The first-order chi connectivity index (χ1) is 8.71. The zero-order chi connectivity index (χ0) is 14.8. The predicted octanol–water partition coefficient (Wildman–Crippen LogP) is 2.98. The number of nitrogens with zero attached hydrogens (tertiary/aromatic N) is 1. The molecule has 7 heteroatoms. The molecular formula is C12H18BrFN2O2S. The van der Waals surface area contributed by atoms with Gasteiger partial charge in [-0.2, -0.15) is 4.31 Å². The number of benzene rings is 1. The average Bonchev–Trinajstić information content (AvgIpc) is 2.32. The summed E-state index contributed by atoms with van der Waals surface area (Å²) in [6.45, 7) is 3.82. The fourth-order valence-corrected chi connectivity index (χ4v) is 3.77. The quantitative estimate of drug-likeness (QED) is 0.828. The Balaban J connectivity index is 3.24. The van der Waals surface area contributed by atoms with Crippen LogP contribution in [0.25, 0.3) is 0 Å². The van der Waals surface area contributed by atoms with E-state index in [1.165, 1.54) is 17.4 Å². The third-order valence-electron chi connectivity index (χ3n) is 3.04. The predicted molar refractivity (Wildman–Crippen MR) is 77.8 cm³/mol. The van der Waals surface area contributed by atoms with E-state index in [9.17, 15) is 12.8 Å². The summed E-state index contributed by atoms with van der Waals surface area (Å²) in [5, 5.41) is 0. The molecule has 2 N–H and O–H groups in total. The van der Waals surface area contributed by atoms with E-state index in [-0.39, 0.29) is 21.1 Å². The number of hydrogen-bond donors (Lipinski definition) is 1. The Bertz CT molecular complexity index is 563. The van der Waals surface area contributed by atoms with Crippen LogP contribution < -0.4 is 5.73 Å². The maximum Gasteiger partial charge on any atom is 0.245 e. The van der Waals surface area contributed by atoms with Gasteiger partial charge in [0, 0.05) is 13.1 Å². The van der Waals surface area contributed by atoms with Crippen LogP contribution in [-0.4, -0.2) is 25.8 Å². The lowest BCUT2D eigenvalue weighted by molar-refractivity contribution is 0.369. The summed E-state index contributed by atoms with van der Waals surface area (Å²) >= 11 is 2.98. The van der Waals surface area contributed by atoms with E-state index in [0.29, 0.717) is 0 Å². The molecule has 0 aliphatic rings. The van der Waals surface area contributed by atoms with E-state index in [4.69, 9.17) is 5.73 Å². The minimum atomic E-state index is -3.72. The number of halogens is 2. The van der Waals surface area contributed by atoms with Crippen molar-refractivity contribution in [3.63, 3.8) is 0 Å². The van der Waals surface area contributed by atoms with E-state index in [0.717, 1.165) is 18.9 Å². The largest absolute Gasteiger partial charge is 0.398 e. The molecule has 0 aromatic heterocycles. The molecular weight excluding hydrogens is 335 g/mol. The van der Waals surface area contributed by atoms with Crippen molar-refractivity contribution in [2.45, 2.75) is 37.6 Å². The number of rotatable bonds is 5. The Labute approximate surface area is 122 Å². The van der Waals surface area contributed by atoms with Crippen LogP contribution >= 0.6 is 15.9 Å². The van der Waals surface area contributed by atoms with Gasteiger partial charge >= 0.3 is 0 Å². The molecule has 0 amide bonds. The number of anilines is 1. The van der Waals surface area contributed by atoms with Crippen molar-refractivity contribution in [3.8, 4) is 0 Å². The summed E-state index contributed by atoms with van der Waals surface area (Å²) < 4.78 is 39.5. The van der Waals surface area contributed by atoms with Gasteiger partial charge in [0.05, 0.1) is 10.2 Å². The molecule has 0 saturated heterocycles. The molecule has 0 aliphatic heterocycles. The third-order valence-corrected chi connectivity index (χ3v) is 5.67. The van der Waals surface area contributed by atoms with Gasteiger partial charge in [-0.25, -0.2) is 12.8 Å². The Morgan fingerprint density at radius 2 is 2.05 bits per heavy atom. The zero-order valence-corrected chi connectivity index (χ0v) is 13.6. The first-order valence-electron chi connectivity index (χ1n) is 5.94. The van der Waals surface area contributed by atoms with Crippen LogP contribution in [0.15, 0.2) is 21.5 Å². The summed E-state index contributed by atoms with van der Waals surface area (Å²) in [4.78, 5) is -0.0776. The van der Waals surface area contributed by atoms with Crippen molar-refractivity contribution in [1.82, 2.24) is 4.31 Å². The highest BCUT2D eigenvalue weighted by Crippen LogP contribution is 2.29. The lowest BCUT2D eigenvalue weighted by Gasteiger charge is -2.24. The van der Waals surface area contributed by atoms with E-state index in [1.54, 1.807) is 0 Å². The van der Waals surface area contributed by atoms with Crippen LogP contribution in [0.4, 0.5) is 10.1 Å². The summed E-state index contributed by atoms with van der Waals surface area (Å²) in [5.74, 6) is -0.583. The maximum absolute atomic E-state index is 13.3. The van der Waals surface area contributed by atoms with Gasteiger partial charge in [0.1, 0.15) is 10.7 Å². The van der Waals surface area contributed by atoms with Gasteiger partial charge < -0.3 is 5.73 Å². The second-order valence-electron chi connectivity index (χ2n) is 4.46. The van der Waals surface area contributed by atoms with Crippen LogP contribution in [0, 0.1) is 5.82 Å². The summed E-state index contributed by atoms with van der Waals surface area (Å²) in [5.41, 5.74) is 5.53. The van der Waals surface area contributed by atoms with Crippen LogP contribution in [0.1, 0.15) is 26.7 Å². The molecule has 0 spiro atoms. The highest BCUT2D eigenvalue weighted by Gasteiger charge is 2.27. The normalized spacial score (nSPS) is 13.8. The second-order valence-corrected chi connectivity index (χ2v) is 7.28. The fraction of sp³-hybridized carbons (Fsp3) is 0.500. The van der Waals surface area contributed by atoms with Gasteiger partial charge in [-0.05, 0) is 41.4 Å². The zero-order valence-electron chi connectivity index (χ0n) is 11.2. The number of sulfonamides is 1. The number of hydrogen-bond acceptors (Lipinski definition) is 3. The molecule has 1 aromatic carbocycles. The first-order valence-corrected chi connectivity index (χ1v) is 8.17. The minimum absolute atomic E-state index is 0.0776. The Kier molecular flexibility index (Phi) is 5.34. The summed E-state index contributed by atoms with van der Waals surface area (Å²) in [7, 11) is -2.21. The molecule has 4 nitrogen and oxygen atoms in total. The lowest BCUT2D eigenvalue weighted by Crippen LogP contribution is -2.35. The molecule has 0 heterocycles. The number of nitrogen functional groups attached to an aromatic ring is 1. The Hall–Kier alpha value is -0.660. The molecule has 1 aromatic rings. The lowest BCUT2D eigenvalue weighted by atomic mass is 10.2. The molecule has 108 valence electrons. The van der Waals surface area contributed by atoms with Crippen LogP contribution in [0.2, 0.25) is 0 Å². The molecule has 0 aliphatic carbocycles. The smallest absolute Gasteiger partial charge is 0.245 e. The topological polar surface area (TPSA) is 63.4 Å².